The van der Waals surface area contributed by atoms with Crippen LogP contribution in [0.25, 0.3) is 0 Å². The van der Waals surface area contributed by atoms with Crippen molar-refractivity contribution in [1.82, 2.24) is 10.3 Å². The third kappa shape index (κ3) is 4.04. The van der Waals surface area contributed by atoms with E-state index in [1.165, 1.54) is 10.4 Å². The molecule has 0 saturated carbocycles. The first-order valence-corrected chi connectivity index (χ1v) is 7.46. The standard InChI is InChI=1S/C15H20N2OS/c1-3-6-17-14(9-12-4-7-16-8-5-12)15-10-13(18-2)11-19-15/h4-5,7-8,10-11,14,17H,3,6,9H2,1-2H3. The Kier molecular flexibility index (Phi) is 5.36. The van der Waals surface area contributed by atoms with Gasteiger partial charge in [0.2, 0.25) is 0 Å². The van der Waals surface area contributed by atoms with Crippen LogP contribution in [0.1, 0.15) is 29.8 Å². The van der Waals surface area contributed by atoms with Gasteiger partial charge in [-0.05, 0) is 43.1 Å². The second-order valence-corrected chi connectivity index (χ2v) is 5.40. The molecule has 0 aliphatic rings. The molecule has 0 bridgehead atoms. The summed E-state index contributed by atoms with van der Waals surface area (Å²) in [5.41, 5.74) is 1.30. The number of nitrogens with zero attached hydrogens (tertiary/aromatic N) is 1. The molecule has 0 saturated heterocycles. The molecule has 0 aromatic carbocycles. The van der Waals surface area contributed by atoms with Crippen molar-refractivity contribution in [2.45, 2.75) is 25.8 Å². The molecule has 0 aliphatic carbocycles. The second kappa shape index (κ2) is 7.26. The molecule has 2 aromatic rings. The smallest absolute Gasteiger partial charge is 0.129 e. The molecular formula is C15H20N2OS. The second-order valence-electron chi connectivity index (χ2n) is 4.46. The van der Waals surface area contributed by atoms with Gasteiger partial charge in [-0.15, -0.1) is 11.3 Å². The van der Waals surface area contributed by atoms with Crippen LogP contribution < -0.4 is 10.1 Å². The van der Waals surface area contributed by atoms with Gasteiger partial charge in [0, 0.05) is 28.7 Å². The zero-order valence-electron chi connectivity index (χ0n) is 11.4. The van der Waals surface area contributed by atoms with E-state index >= 15 is 0 Å². The summed E-state index contributed by atoms with van der Waals surface area (Å²) >= 11 is 1.75. The van der Waals surface area contributed by atoms with Gasteiger partial charge in [0.05, 0.1) is 7.11 Å². The molecule has 0 amide bonds. The van der Waals surface area contributed by atoms with Gasteiger partial charge >= 0.3 is 0 Å². The fourth-order valence-corrected chi connectivity index (χ4v) is 2.90. The van der Waals surface area contributed by atoms with Gasteiger partial charge in [-0.25, -0.2) is 0 Å². The predicted octanol–water partition coefficient (Wildman–Crippen LogP) is 3.44. The highest BCUT2D eigenvalue weighted by Crippen LogP contribution is 2.28. The fourth-order valence-electron chi connectivity index (χ4n) is 1.97. The van der Waals surface area contributed by atoms with Crippen LogP contribution in [0.4, 0.5) is 0 Å². The minimum Gasteiger partial charge on any atom is -0.496 e. The number of thiophene rings is 1. The van der Waals surface area contributed by atoms with E-state index < -0.39 is 0 Å². The lowest BCUT2D eigenvalue weighted by molar-refractivity contribution is 0.415. The highest BCUT2D eigenvalue weighted by molar-refractivity contribution is 7.10. The normalized spacial score (nSPS) is 12.3. The zero-order valence-corrected chi connectivity index (χ0v) is 12.2. The average molecular weight is 276 g/mol. The van der Waals surface area contributed by atoms with Gasteiger partial charge in [-0.2, -0.15) is 0 Å². The summed E-state index contributed by atoms with van der Waals surface area (Å²) in [7, 11) is 1.71. The molecule has 2 heterocycles. The molecule has 3 nitrogen and oxygen atoms in total. The van der Waals surface area contributed by atoms with Crippen molar-refractivity contribution in [2.24, 2.45) is 0 Å². The Hall–Kier alpha value is -1.39. The molecule has 102 valence electrons. The zero-order chi connectivity index (χ0) is 13.5. The van der Waals surface area contributed by atoms with Crippen molar-refractivity contribution < 1.29 is 4.74 Å². The number of nitrogens with one attached hydrogen (secondary N) is 1. The van der Waals surface area contributed by atoms with Gasteiger partial charge in [-0.1, -0.05) is 6.92 Å². The number of methoxy groups -OCH3 is 1. The molecule has 1 unspecified atom stereocenters. The summed E-state index contributed by atoms with van der Waals surface area (Å²) in [4.78, 5) is 5.39. The van der Waals surface area contributed by atoms with Crippen LogP contribution in [0, 0.1) is 0 Å². The van der Waals surface area contributed by atoms with Crippen molar-refractivity contribution in [2.75, 3.05) is 13.7 Å². The molecule has 0 spiro atoms. The van der Waals surface area contributed by atoms with Crippen LogP contribution >= 0.6 is 11.3 Å². The fraction of sp³-hybridized carbons (Fsp3) is 0.400. The first kappa shape index (κ1) is 14.0. The topological polar surface area (TPSA) is 34.2 Å². The van der Waals surface area contributed by atoms with Crippen molar-refractivity contribution in [3.8, 4) is 5.75 Å². The van der Waals surface area contributed by atoms with Crippen molar-refractivity contribution >= 4 is 11.3 Å². The molecule has 2 aromatic heterocycles. The van der Waals surface area contributed by atoms with E-state index in [0.717, 1.165) is 25.1 Å². The first-order valence-electron chi connectivity index (χ1n) is 6.58. The maximum Gasteiger partial charge on any atom is 0.129 e. The highest BCUT2D eigenvalue weighted by Gasteiger charge is 2.14. The molecule has 0 radical (unpaired) electrons. The molecule has 19 heavy (non-hydrogen) atoms. The summed E-state index contributed by atoms with van der Waals surface area (Å²) in [5, 5.41) is 5.66. The van der Waals surface area contributed by atoms with E-state index in [4.69, 9.17) is 4.74 Å². The monoisotopic (exact) mass is 276 g/mol. The summed E-state index contributed by atoms with van der Waals surface area (Å²) < 4.78 is 5.27. The average Bonchev–Trinajstić information content (AvgIpc) is 2.93. The lowest BCUT2D eigenvalue weighted by atomic mass is 10.1. The predicted molar refractivity (Wildman–Crippen MR) is 79.8 cm³/mol. The van der Waals surface area contributed by atoms with E-state index in [0.29, 0.717) is 6.04 Å². The Morgan fingerprint density at radius 2 is 2.16 bits per heavy atom. The SMILES string of the molecule is CCCNC(Cc1ccncc1)c1cc(OC)cs1. The number of aromatic nitrogens is 1. The van der Waals surface area contributed by atoms with Crippen LogP contribution in [-0.4, -0.2) is 18.6 Å². The molecule has 0 fully saturated rings. The largest absolute Gasteiger partial charge is 0.496 e. The maximum absolute atomic E-state index is 5.27. The molecule has 1 N–H and O–H groups in total. The summed E-state index contributed by atoms with van der Waals surface area (Å²) in [5.74, 6) is 0.943. The Morgan fingerprint density at radius 1 is 1.37 bits per heavy atom. The number of ether oxygens (including phenoxy) is 1. The van der Waals surface area contributed by atoms with Crippen LogP contribution in [0.2, 0.25) is 0 Å². The lowest BCUT2D eigenvalue weighted by Crippen LogP contribution is -2.23. The Morgan fingerprint density at radius 3 is 2.79 bits per heavy atom. The van der Waals surface area contributed by atoms with E-state index in [1.807, 2.05) is 12.4 Å². The Bertz CT molecular complexity index is 484. The first-order chi connectivity index (χ1) is 9.33. The third-order valence-electron chi connectivity index (χ3n) is 3.00. The Labute approximate surface area is 118 Å². The molecule has 0 aliphatic heterocycles. The van der Waals surface area contributed by atoms with Gasteiger partial charge < -0.3 is 10.1 Å². The van der Waals surface area contributed by atoms with Gasteiger partial charge in [0.1, 0.15) is 5.75 Å². The molecule has 2 rings (SSSR count). The van der Waals surface area contributed by atoms with Crippen molar-refractivity contribution in [1.29, 1.82) is 0 Å². The van der Waals surface area contributed by atoms with E-state index in [2.05, 4.69) is 40.8 Å². The molecular weight excluding hydrogens is 256 g/mol. The summed E-state index contributed by atoms with van der Waals surface area (Å²) in [6.45, 7) is 3.21. The highest BCUT2D eigenvalue weighted by atomic mass is 32.1. The van der Waals surface area contributed by atoms with E-state index in [9.17, 15) is 0 Å². The third-order valence-corrected chi connectivity index (χ3v) is 4.03. The van der Waals surface area contributed by atoms with Crippen LogP contribution in [-0.2, 0) is 6.42 Å². The van der Waals surface area contributed by atoms with Crippen LogP contribution in [0.5, 0.6) is 5.75 Å². The van der Waals surface area contributed by atoms with Crippen molar-refractivity contribution in [3.05, 3.63) is 46.4 Å². The minimum atomic E-state index is 0.344. The number of pyridine rings is 1. The van der Waals surface area contributed by atoms with Gasteiger partial charge in [-0.3, -0.25) is 4.98 Å². The van der Waals surface area contributed by atoms with E-state index in [-0.39, 0.29) is 0 Å². The Balaban J connectivity index is 2.11. The van der Waals surface area contributed by atoms with Gasteiger partial charge in [0.15, 0.2) is 0 Å². The number of hydrogen-bond acceptors (Lipinski definition) is 4. The van der Waals surface area contributed by atoms with E-state index in [1.54, 1.807) is 18.4 Å². The van der Waals surface area contributed by atoms with Gasteiger partial charge in [0.25, 0.3) is 0 Å². The van der Waals surface area contributed by atoms with Crippen LogP contribution in [0.3, 0.4) is 0 Å². The summed E-state index contributed by atoms with van der Waals surface area (Å²) in [6.07, 6.45) is 5.81. The summed E-state index contributed by atoms with van der Waals surface area (Å²) in [6, 6.07) is 6.62. The maximum atomic E-state index is 5.27. The number of rotatable bonds is 7. The van der Waals surface area contributed by atoms with Crippen LogP contribution in [0.15, 0.2) is 36.0 Å². The quantitative estimate of drug-likeness (QED) is 0.841. The lowest BCUT2D eigenvalue weighted by Gasteiger charge is -2.17. The molecule has 4 heteroatoms. The minimum absolute atomic E-state index is 0.344. The number of hydrogen-bond donors (Lipinski definition) is 1. The van der Waals surface area contributed by atoms with Crippen molar-refractivity contribution in [3.63, 3.8) is 0 Å². The molecule has 1 atom stereocenters.